The van der Waals surface area contributed by atoms with Crippen LogP contribution >= 0.6 is 11.6 Å². The first-order valence-corrected chi connectivity index (χ1v) is 12.4. The number of nitrogens with zero attached hydrogens (tertiary/aromatic N) is 5. The number of benzene rings is 2. The van der Waals surface area contributed by atoms with Crippen LogP contribution in [0, 0.1) is 31.5 Å². The van der Waals surface area contributed by atoms with Crippen molar-refractivity contribution < 1.29 is 4.39 Å². The van der Waals surface area contributed by atoms with Gasteiger partial charge in [-0.3, -0.25) is 9.36 Å². The lowest BCUT2D eigenvalue weighted by Crippen LogP contribution is -2.28. The molecule has 8 nitrogen and oxygen atoms in total. The molecule has 0 spiro atoms. The molecule has 2 aromatic carbocycles. The van der Waals surface area contributed by atoms with Crippen LogP contribution in [0.4, 0.5) is 16.0 Å². The summed E-state index contributed by atoms with van der Waals surface area (Å²) in [5.41, 5.74) is 9.05. The molecule has 0 bridgehead atoms. The summed E-state index contributed by atoms with van der Waals surface area (Å²) in [5, 5.41) is 3.75. The van der Waals surface area contributed by atoms with Gasteiger partial charge in [-0.15, -0.1) is 0 Å². The second-order valence-corrected chi connectivity index (χ2v) is 9.46. The van der Waals surface area contributed by atoms with Crippen molar-refractivity contribution in [3.8, 4) is 17.5 Å². The van der Waals surface area contributed by atoms with Gasteiger partial charge in [0.15, 0.2) is 0 Å². The van der Waals surface area contributed by atoms with Crippen LogP contribution in [0.2, 0.25) is 5.02 Å². The molecule has 194 valence electrons. The smallest absolute Gasteiger partial charge is 0.267 e. The van der Waals surface area contributed by atoms with Gasteiger partial charge in [0.2, 0.25) is 0 Å². The summed E-state index contributed by atoms with van der Waals surface area (Å²) in [6, 6.07) is 12.5. The topological polar surface area (TPSA) is 112 Å². The third kappa shape index (κ3) is 5.28. The van der Waals surface area contributed by atoms with Gasteiger partial charge in [-0.2, -0.15) is 0 Å². The standard InChI is InChI=1S/C29H23ClFN7O/c1-16-7-8-20(33-14-16)9-10-22-26(32)34-15-35-27(22)36-18(3)28-37-24-6-4-5-23(30)25(24)29(39)38(28)21-12-17(2)11-19(31)13-21/h4-8,11-15,18H,1-3H3,(H3,32,34,35,36). The van der Waals surface area contributed by atoms with E-state index in [2.05, 4.69) is 32.1 Å². The lowest BCUT2D eigenvalue weighted by atomic mass is 10.1. The van der Waals surface area contributed by atoms with Crippen LogP contribution in [0.1, 0.15) is 41.2 Å². The number of aryl methyl sites for hydroxylation is 2. The fourth-order valence-corrected chi connectivity index (χ4v) is 4.41. The molecule has 3 heterocycles. The molecule has 1 unspecified atom stereocenters. The van der Waals surface area contributed by atoms with Gasteiger partial charge in [-0.25, -0.2) is 24.3 Å². The van der Waals surface area contributed by atoms with Crippen LogP contribution in [0.3, 0.4) is 0 Å². The zero-order valence-electron chi connectivity index (χ0n) is 21.3. The molecule has 3 aromatic heterocycles. The summed E-state index contributed by atoms with van der Waals surface area (Å²) in [7, 11) is 0. The van der Waals surface area contributed by atoms with E-state index in [1.54, 1.807) is 44.3 Å². The van der Waals surface area contributed by atoms with Gasteiger partial charge in [-0.05, 0) is 74.2 Å². The highest BCUT2D eigenvalue weighted by atomic mass is 35.5. The molecule has 0 radical (unpaired) electrons. The molecule has 5 aromatic rings. The largest absolute Gasteiger partial charge is 0.382 e. The van der Waals surface area contributed by atoms with E-state index in [0.29, 0.717) is 39.7 Å². The Morgan fingerprint density at radius 3 is 2.62 bits per heavy atom. The number of rotatable bonds is 4. The molecule has 0 aliphatic carbocycles. The molecule has 1 atom stereocenters. The number of pyridine rings is 1. The van der Waals surface area contributed by atoms with E-state index >= 15 is 0 Å². The Morgan fingerprint density at radius 2 is 1.87 bits per heavy atom. The van der Waals surface area contributed by atoms with E-state index in [9.17, 15) is 9.18 Å². The van der Waals surface area contributed by atoms with Gasteiger partial charge < -0.3 is 11.1 Å². The minimum Gasteiger partial charge on any atom is -0.382 e. The lowest BCUT2D eigenvalue weighted by Gasteiger charge is -2.21. The van der Waals surface area contributed by atoms with E-state index in [1.165, 1.54) is 23.0 Å². The molecule has 0 aliphatic rings. The first-order valence-electron chi connectivity index (χ1n) is 12.0. The molecule has 39 heavy (non-hydrogen) atoms. The summed E-state index contributed by atoms with van der Waals surface area (Å²) in [6.45, 7) is 5.49. The fraction of sp³-hybridized carbons (Fsp3) is 0.138. The number of hydrogen-bond donors (Lipinski definition) is 2. The van der Waals surface area contributed by atoms with E-state index in [1.807, 2.05) is 19.1 Å². The maximum Gasteiger partial charge on any atom is 0.267 e. The number of aromatic nitrogens is 5. The quantitative estimate of drug-likeness (QED) is 0.304. The van der Waals surface area contributed by atoms with Gasteiger partial charge in [0, 0.05) is 6.20 Å². The summed E-state index contributed by atoms with van der Waals surface area (Å²) >= 11 is 6.38. The van der Waals surface area contributed by atoms with E-state index in [0.717, 1.165) is 5.56 Å². The number of hydrogen-bond acceptors (Lipinski definition) is 7. The van der Waals surface area contributed by atoms with Crippen molar-refractivity contribution in [2.45, 2.75) is 26.8 Å². The summed E-state index contributed by atoms with van der Waals surface area (Å²) in [4.78, 5) is 31.2. The highest BCUT2D eigenvalue weighted by molar-refractivity contribution is 6.35. The van der Waals surface area contributed by atoms with Crippen molar-refractivity contribution in [3.05, 3.63) is 110 Å². The van der Waals surface area contributed by atoms with E-state index in [-0.39, 0.29) is 16.2 Å². The van der Waals surface area contributed by atoms with Crippen LogP contribution in [-0.4, -0.2) is 24.5 Å². The summed E-state index contributed by atoms with van der Waals surface area (Å²) < 4.78 is 15.8. The van der Waals surface area contributed by atoms with Gasteiger partial charge >= 0.3 is 0 Å². The Hall–Kier alpha value is -4.81. The Kier molecular flexibility index (Phi) is 6.96. The fourth-order valence-electron chi connectivity index (χ4n) is 4.16. The third-order valence-electron chi connectivity index (χ3n) is 6.00. The van der Waals surface area contributed by atoms with Crippen LogP contribution in [0.25, 0.3) is 16.6 Å². The van der Waals surface area contributed by atoms with Crippen LogP contribution in [0.5, 0.6) is 0 Å². The van der Waals surface area contributed by atoms with Crippen LogP contribution in [0.15, 0.2) is 65.8 Å². The van der Waals surface area contributed by atoms with Crippen LogP contribution in [-0.2, 0) is 0 Å². The maximum absolute atomic E-state index is 14.4. The average Bonchev–Trinajstić information content (AvgIpc) is 2.88. The molecule has 3 N–H and O–H groups in total. The van der Waals surface area contributed by atoms with Crippen LogP contribution < -0.4 is 16.6 Å². The second-order valence-electron chi connectivity index (χ2n) is 9.05. The molecule has 0 saturated heterocycles. The Balaban J connectivity index is 1.64. The van der Waals surface area contributed by atoms with Crippen molar-refractivity contribution in [2.75, 3.05) is 11.1 Å². The highest BCUT2D eigenvalue weighted by Gasteiger charge is 2.21. The van der Waals surface area contributed by atoms with Crippen molar-refractivity contribution in [3.63, 3.8) is 0 Å². The molecule has 0 amide bonds. The average molecular weight is 540 g/mol. The van der Waals surface area contributed by atoms with Crippen molar-refractivity contribution in [2.24, 2.45) is 0 Å². The molecule has 5 rings (SSSR count). The normalized spacial score (nSPS) is 11.6. The van der Waals surface area contributed by atoms with Crippen molar-refractivity contribution in [1.29, 1.82) is 0 Å². The number of anilines is 2. The molecular weight excluding hydrogens is 517 g/mol. The molecule has 0 fully saturated rings. The zero-order valence-corrected chi connectivity index (χ0v) is 22.1. The molecule has 10 heteroatoms. The minimum absolute atomic E-state index is 0.177. The lowest BCUT2D eigenvalue weighted by molar-refractivity contribution is 0.623. The number of fused-ring (bicyclic) bond motifs is 1. The number of nitrogens with two attached hydrogens (primary N) is 1. The van der Waals surface area contributed by atoms with Crippen molar-refractivity contribution >= 4 is 34.1 Å². The third-order valence-corrected chi connectivity index (χ3v) is 6.32. The Bertz CT molecular complexity index is 1820. The number of nitrogens with one attached hydrogen (secondary N) is 1. The number of nitrogen functional groups attached to an aromatic ring is 1. The van der Waals surface area contributed by atoms with Crippen molar-refractivity contribution in [1.82, 2.24) is 24.5 Å². The Morgan fingerprint density at radius 1 is 1.05 bits per heavy atom. The molecule has 0 aliphatic heterocycles. The Labute approximate surface area is 228 Å². The van der Waals surface area contributed by atoms with E-state index in [4.69, 9.17) is 22.3 Å². The van der Waals surface area contributed by atoms with Gasteiger partial charge in [0.05, 0.1) is 27.7 Å². The minimum atomic E-state index is -0.600. The summed E-state index contributed by atoms with van der Waals surface area (Å²) in [5.74, 6) is 6.34. The monoisotopic (exact) mass is 539 g/mol. The number of halogens is 2. The maximum atomic E-state index is 14.4. The molecular formula is C29H23ClFN7O. The first kappa shape index (κ1) is 25.8. The summed E-state index contributed by atoms with van der Waals surface area (Å²) in [6.07, 6.45) is 3.04. The second kappa shape index (κ2) is 10.5. The van der Waals surface area contributed by atoms with Gasteiger partial charge in [0.25, 0.3) is 5.56 Å². The predicted octanol–water partition coefficient (Wildman–Crippen LogP) is 5.14. The zero-order chi connectivity index (χ0) is 27.7. The van der Waals surface area contributed by atoms with E-state index < -0.39 is 17.4 Å². The van der Waals surface area contributed by atoms with Gasteiger partial charge in [0.1, 0.15) is 40.9 Å². The van der Waals surface area contributed by atoms with Gasteiger partial charge in [-0.1, -0.05) is 29.7 Å². The first-order chi connectivity index (χ1) is 18.7. The SMILES string of the molecule is Cc1ccc(C#Cc2c(N)ncnc2NC(C)c2nc3cccc(Cl)c3c(=O)n2-c2cc(C)cc(F)c2)nc1. The highest BCUT2D eigenvalue weighted by Crippen LogP contribution is 2.26. The molecule has 0 saturated carbocycles. The predicted molar refractivity (Wildman–Crippen MR) is 150 cm³/mol.